The summed E-state index contributed by atoms with van der Waals surface area (Å²) in [5.41, 5.74) is 1.85. The molecule has 1 aromatic carbocycles. The molecular formula is C11H10BrNO2. The van der Waals surface area contributed by atoms with Crippen LogP contribution in [0.5, 0.6) is 0 Å². The van der Waals surface area contributed by atoms with Crippen molar-refractivity contribution in [2.45, 2.75) is 13.3 Å². The minimum absolute atomic E-state index is 0.298. The van der Waals surface area contributed by atoms with E-state index in [9.17, 15) is 9.59 Å². The minimum atomic E-state index is -0.396. The van der Waals surface area contributed by atoms with Gasteiger partial charge in [-0.3, -0.25) is 9.59 Å². The molecule has 0 atom stereocenters. The number of carbonyl (C=O) groups excluding carboxylic acids is 2. The molecule has 1 amide bonds. The van der Waals surface area contributed by atoms with Crippen molar-refractivity contribution in [2.75, 3.05) is 11.4 Å². The molecule has 0 spiro atoms. The Bertz CT molecular complexity index is 422. The molecule has 78 valence electrons. The SMILES string of the molecule is Cc1cc(Br)cc(N2CCC(=O)C2=O)c1. The first kappa shape index (κ1) is 10.4. The zero-order valence-corrected chi connectivity index (χ0v) is 9.87. The van der Waals surface area contributed by atoms with E-state index in [-0.39, 0.29) is 5.78 Å². The fourth-order valence-electron chi connectivity index (χ4n) is 1.69. The van der Waals surface area contributed by atoms with E-state index in [1.54, 1.807) is 0 Å². The maximum absolute atomic E-state index is 11.5. The Morgan fingerprint density at radius 2 is 2.00 bits per heavy atom. The molecule has 1 fully saturated rings. The smallest absolute Gasteiger partial charge is 0.294 e. The highest BCUT2D eigenvalue weighted by molar-refractivity contribution is 9.10. The normalized spacial score (nSPS) is 16.3. The van der Waals surface area contributed by atoms with Crippen molar-refractivity contribution in [3.05, 3.63) is 28.2 Å². The molecule has 0 unspecified atom stereocenters. The number of rotatable bonds is 1. The Balaban J connectivity index is 2.38. The Morgan fingerprint density at radius 3 is 2.53 bits per heavy atom. The van der Waals surface area contributed by atoms with Crippen LogP contribution in [0, 0.1) is 6.92 Å². The standard InChI is InChI=1S/C11H10BrNO2/c1-7-4-8(12)6-9(5-7)13-3-2-10(14)11(13)15/h4-6H,2-3H2,1H3. The monoisotopic (exact) mass is 267 g/mol. The number of aryl methyl sites for hydroxylation is 1. The maximum Gasteiger partial charge on any atom is 0.294 e. The van der Waals surface area contributed by atoms with Gasteiger partial charge in [-0.15, -0.1) is 0 Å². The van der Waals surface area contributed by atoms with Gasteiger partial charge in [0.05, 0.1) is 0 Å². The van der Waals surface area contributed by atoms with Crippen molar-refractivity contribution < 1.29 is 9.59 Å². The van der Waals surface area contributed by atoms with Crippen LogP contribution in [0.1, 0.15) is 12.0 Å². The molecule has 0 saturated carbocycles. The van der Waals surface area contributed by atoms with E-state index in [0.29, 0.717) is 13.0 Å². The first-order valence-electron chi connectivity index (χ1n) is 4.70. The lowest BCUT2D eigenvalue weighted by Gasteiger charge is -2.15. The van der Waals surface area contributed by atoms with Gasteiger partial charge >= 0.3 is 0 Å². The first-order chi connectivity index (χ1) is 7.08. The van der Waals surface area contributed by atoms with Gasteiger partial charge < -0.3 is 4.90 Å². The zero-order valence-electron chi connectivity index (χ0n) is 8.29. The number of hydrogen-bond acceptors (Lipinski definition) is 2. The summed E-state index contributed by atoms with van der Waals surface area (Å²) in [7, 11) is 0. The highest BCUT2D eigenvalue weighted by Gasteiger charge is 2.30. The molecule has 4 heteroatoms. The summed E-state index contributed by atoms with van der Waals surface area (Å²) >= 11 is 3.37. The van der Waals surface area contributed by atoms with Crippen LogP contribution in [0.25, 0.3) is 0 Å². The number of ketones is 1. The van der Waals surface area contributed by atoms with Crippen molar-refractivity contribution in [2.24, 2.45) is 0 Å². The number of Topliss-reactive ketones (excluding diaryl/α,β-unsaturated/α-hetero) is 1. The third kappa shape index (κ3) is 1.95. The topological polar surface area (TPSA) is 37.4 Å². The number of benzene rings is 1. The second-order valence-electron chi connectivity index (χ2n) is 3.62. The Morgan fingerprint density at radius 1 is 1.27 bits per heavy atom. The summed E-state index contributed by atoms with van der Waals surface area (Å²) in [6.45, 7) is 2.45. The van der Waals surface area contributed by atoms with E-state index in [1.165, 1.54) is 4.90 Å². The fraction of sp³-hybridized carbons (Fsp3) is 0.273. The third-order valence-electron chi connectivity index (χ3n) is 2.38. The average Bonchev–Trinajstić information content (AvgIpc) is 2.46. The molecule has 1 saturated heterocycles. The van der Waals surface area contributed by atoms with Gasteiger partial charge in [0, 0.05) is 23.1 Å². The Kier molecular flexibility index (Phi) is 2.61. The molecule has 1 aliphatic rings. The largest absolute Gasteiger partial charge is 0.305 e. The average molecular weight is 268 g/mol. The van der Waals surface area contributed by atoms with Crippen LogP contribution in [0.2, 0.25) is 0 Å². The van der Waals surface area contributed by atoms with Crippen LogP contribution in [0.3, 0.4) is 0 Å². The Labute approximate surface area is 96.2 Å². The van der Waals surface area contributed by atoms with Crippen molar-refractivity contribution in [3.8, 4) is 0 Å². The molecule has 3 nitrogen and oxygen atoms in total. The second-order valence-corrected chi connectivity index (χ2v) is 4.53. The lowest BCUT2D eigenvalue weighted by Crippen LogP contribution is -2.26. The molecule has 0 N–H and O–H groups in total. The van der Waals surface area contributed by atoms with Crippen molar-refractivity contribution in [1.82, 2.24) is 0 Å². The Hall–Kier alpha value is -1.16. The molecule has 2 rings (SSSR count). The lowest BCUT2D eigenvalue weighted by molar-refractivity contribution is -0.133. The highest BCUT2D eigenvalue weighted by Crippen LogP contribution is 2.25. The van der Waals surface area contributed by atoms with Crippen LogP contribution >= 0.6 is 15.9 Å². The van der Waals surface area contributed by atoms with Crippen molar-refractivity contribution in [3.63, 3.8) is 0 Å². The molecule has 0 radical (unpaired) electrons. The summed E-state index contributed by atoms with van der Waals surface area (Å²) in [5, 5.41) is 0. The number of amides is 1. The molecule has 0 aromatic heterocycles. The van der Waals surface area contributed by atoms with E-state index in [1.807, 2.05) is 25.1 Å². The quantitative estimate of drug-likeness (QED) is 0.731. The van der Waals surface area contributed by atoms with Gasteiger partial charge in [-0.1, -0.05) is 15.9 Å². The van der Waals surface area contributed by atoms with Gasteiger partial charge in [-0.2, -0.15) is 0 Å². The van der Waals surface area contributed by atoms with E-state index >= 15 is 0 Å². The van der Waals surface area contributed by atoms with E-state index in [4.69, 9.17) is 0 Å². The predicted octanol–water partition coefficient (Wildman–Crippen LogP) is 2.06. The summed E-state index contributed by atoms with van der Waals surface area (Å²) < 4.78 is 0.921. The van der Waals surface area contributed by atoms with Gasteiger partial charge in [0.1, 0.15) is 0 Å². The minimum Gasteiger partial charge on any atom is -0.305 e. The molecule has 15 heavy (non-hydrogen) atoms. The predicted molar refractivity (Wildman–Crippen MR) is 60.9 cm³/mol. The van der Waals surface area contributed by atoms with Crippen molar-refractivity contribution >= 4 is 33.3 Å². The molecular weight excluding hydrogens is 258 g/mol. The van der Waals surface area contributed by atoms with E-state index < -0.39 is 5.91 Å². The van der Waals surface area contributed by atoms with E-state index in [2.05, 4.69) is 15.9 Å². The van der Waals surface area contributed by atoms with Gasteiger partial charge in [0.2, 0.25) is 5.78 Å². The van der Waals surface area contributed by atoms with E-state index in [0.717, 1.165) is 15.7 Å². The number of nitrogens with zero attached hydrogens (tertiary/aromatic N) is 1. The number of carbonyl (C=O) groups is 2. The molecule has 1 aliphatic heterocycles. The summed E-state index contributed by atoms with van der Waals surface area (Å²) in [5.74, 6) is -0.694. The molecule has 1 aromatic rings. The van der Waals surface area contributed by atoms with Crippen molar-refractivity contribution in [1.29, 1.82) is 0 Å². The van der Waals surface area contributed by atoms with Crippen LogP contribution < -0.4 is 4.90 Å². The first-order valence-corrected chi connectivity index (χ1v) is 5.49. The van der Waals surface area contributed by atoms with Crippen LogP contribution in [-0.4, -0.2) is 18.2 Å². The third-order valence-corrected chi connectivity index (χ3v) is 2.84. The number of anilines is 1. The van der Waals surface area contributed by atoms with Crippen LogP contribution in [0.4, 0.5) is 5.69 Å². The van der Waals surface area contributed by atoms with Crippen LogP contribution in [-0.2, 0) is 9.59 Å². The number of hydrogen-bond donors (Lipinski definition) is 0. The molecule has 0 bridgehead atoms. The summed E-state index contributed by atoms with van der Waals surface area (Å²) in [6.07, 6.45) is 0.324. The van der Waals surface area contributed by atoms with Crippen LogP contribution in [0.15, 0.2) is 22.7 Å². The molecule has 1 heterocycles. The lowest BCUT2D eigenvalue weighted by atomic mass is 10.2. The summed E-state index contributed by atoms with van der Waals surface area (Å²) in [6, 6.07) is 5.72. The fourth-order valence-corrected chi connectivity index (χ4v) is 2.29. The maximum atomic E-state index is 11.5. The zero-order chi connectivity index (χ0) is 11.0. The van der Waals surface area contributed by atoms with Gasteiger partial charge in [0.15, 0.2) is 0 Å². The highest BCUT2D eigenvalue weighted by atomic mass is 79.9. The van der Waals surface area contributed by atoms with Gasteiger partial charge in [-0.25, -0.2) is 0 Å². The van der Waals surface area contributed by atoms with Gasteiger partial charge in [-0.05, 0) is 30.7 Å². The number of halogens is 1. The molecule has 0 aliphatic carbocycles. The second kappa shape index (κ2) is 3.77. The van der Waals surface area contributed by atoms with Gasteiger partial charge in [0.25, 0.3) is 5.91 Å². The summed E-state index contributed by atoms with van der Waals surface area (Å²) in [4.78, 5) is 24.1.